The van der Waals surface area contributed by atoms with Crippen molar-refractivity contribution in [3.8, 4) is 5.69 Å². The molecule has 8 heteroatoms. The van der Waals surface area contributed by atoms with Crippen LogP contribution in [0.4, 0.5) is 5.82 Å². The maximum Gasteiger partial charge on any atom is 0.235 e. The molecule has 0 saturated carbocycles. The summed E-state index contributed by atoms with van der Waals surface area (Å²) in [6.07, 6.45) is 3.35. The quantitative estimate of drug-likeness (QED) is 0.419. The van der Waals surface area contributed by atoms with Gasteiger partial charge in [-0.15, -0.1) is 10.2 Å². The summed E-state index contributed by atoms with van der Waals surface area (Å²) >= 11 is 1.35. The van der Waals surface area contributed by atoms with Crippen LogP contribution in [0.2, 0.25) is 0 Å². The van der Waals surface area contributed by atoms with Crippen LogP contribution in [-0.4, -0.2) is 36.2 Å². The molecule has 2 aromatic carbocycles. The molecule has 0 unspecified atom stereocenters. The molecule has 2 heterocycles. The lowest BCUT2D eigenvalue weighted by atomic mass is 10.0. The number of aromatic nitrogens is 5. The Morgan fingerprint density at radius 1 is 1.06 bits per heavy atom. The Morgan fingerprint density at radius 2 is 1.84 bits per heavy atom. The van der Waals surface area contributed by atoms with Crippen molar-refractivity contribution in [3.05, 3.63) is 84.3 Å². The Morgan fingerprint density at radius 3 is 2.58 bits per heavy atom. The maximum absolute atomic E-state index is 12.5. The van der Waals surface area contributed by atoms with Crippen LogP contribution in [0.5, 0.6) is 0 Å². The van der Waals surface area contributed by atoms with Crippen molar-refractivity contribution in [2.24, 2.45) is 0 Å². The van der Waals surface area contributed by atoms with E-state index in [0.29, 0.717) is 23.4 Å². The van der Waals surface area contributed by atoms with Crippen LogP contribution in [0.1, 0.15) is 30.9 Å². The normalized spacial score (nSPS) is 11.1. The minimum atomic E-state index is -0.121. The fourth-order valence-corrected chi connectivity index (χ4v) is 3.88. The van der Waals surface area contributed by atoms with E-state index in [9.17, 15) is 4.79 Å². The first-order valence-electron chi connectivity index (χ1n) is 10.1. The number of nitrogens with zero attached hydrogens (tertiary/aromatic N) is 5. The number of hydrogen-bond donors (Lipinski definition) is 1. The minimum absolute atomic E-state index is 0.121. The lowest BCUT2D eigenvalue weighted by molar-refractivity contribution is -0.113. The Hall–Kier alpha value is -3.39. The van der Waals surface area contributed by atoms with Gasteiger partial charge in [0.1, 0.15) is 12.1 Å². The molecule has 7 nitrogen and oxygen atoms in total. The SMILES string of the molecule is CC(C)c1ccc(-n2cnnc2SCC(=O)Nc2ccnn2Cc2ccccc2)cc1. The highest BCUT2D eigenvalue weighted by atomic mass is 32.2. The van der Waals surface area contributed by atoms with Crippen molar-refractivity contribution >= 4 is 23.5 Å². The van der Waals surface area contributed by atoms with Crippen LogP contribution < -0.4 is 5.32 Å². The zero-order chi connectivity index (χ0) is 21.6. The van der Waals surface area contributed by atoms with E-state index in [1.54, 1.807) is 23.3 Å². The van der Waals surface area contributed by atoms with Gasteiger partial charge in [-0.25, -0.2) is 4.68 Å². The molecule has 158 valence electrons. The summed E-state index contributed by atoms with van der Waals surface area (Å²) in [5.41, 5.74) is 3.36. The van der Waals surface area contributed by atoms with Gasteiger partial charge in [-0.1, -0.05) is 68.1 Å². The Kier molecular flexibility index (Phi) is 6.47. The van der Waals surface area contributed by atoms with Crippen LogP contribution in [0.3, 0.4) is 0 Å². The molecule has 0 aliphatic heterocycles. The van der Waals surface area contributed by atoms with E-state index in [1.165, 1.54) is 17.3 Å². The van der Waals surface area contributed by atoms with Gasteiger partial charge in [-0.3, -0.25) is 9.36 Å². The third-order valence-electron chi connectivity index (χ3n) is 4.85. The van der Waals surface area contributed by atoms with Crippen molar-refractivity contribution in [2.45, 2.75) is 31.5 Å². The highest BCUT2D eigenvalue weighted by Crippen LogP contribution is 2.22. The maximum atomic E-state index is 12.5. The van der Waals surface area contributed by atoms with Gasteiger partial charge in [0.15, 0.2) is 5.16 Å². The average Bonchev–Trinajstić information content (AvgIpc) is 3.42. The minimum Gasteiger partial charge on any atom is -0.310 e. The van der Waals surface area contributed by atoms with Crippen LogP contribution in [0.25, 0.3) is 5.69 Å². The van der Waals surface area contributed by atoms with Gasteiger partial charge < -0.3 is 5.32 Å². The molecule has 0 aliphatic rings. The van der Waals surface area contributed by atoms with Gasteiger partial charge in [0, 0.05) is 11.8 Å². The molecule has 31 heavy (non-hydrogen) atoms. The van der Waals surface area contributed by atoms with Crippen LogP contribution >= 0.6 is 11.8 Å². The summed E-state index contributed by atoms with van der Waals surface area (Å²) in [6, 6.07) is 20.1. The molecule has 1 amide bonds. The van der Waals surface area contributed by atoms with Crippen LogP contribution in [0.15, 0.2) is 78.3 Å². The summed E-state index contributed by atoms with van der Waals surface area (Å²) in [7, 11) is 0. The number of anilines is 1. The zero-order valence-corrected chi connectivity index (χ0v) is 18.3. The second-order valence-corrected chi connectivity index (χ2v) is 8.37. The molecule has 0 bridgehead atoms. The van der Waals surface area contributed by atoms with Gasteiger partial charge in [0.25, 0.3) is 0 Å². The van der Waals surface area contributed by atoms with E-state index in [1.807, 2.05) is 47.0 Å². The summed E-state index contributed by atoms with van der Waals surface area (Å²) < 4.78 is 3.67. The summed E-state index contributed by atoms with van der Waals surface area (Å²) in [5.74, 6) is 1.24. The lowest BCUT2D eigenvalue weighted by Crippen LogP contribution is -2.18. The number of carbonyl (C=O) groups excluding carboxylic acids is 1. The predicted molar refractivity (Wildman–Crippen MR) is 123 cm³/mol. The molecular formula is C23H24N6OS. The first-order valence-corrected chi connectivity index (χ1v) is 11.1. The van der Waals surface area contributed by atoms with Crippen LogP contribution in [0, 0.1) is 0 Å². The van der Waals surface area contributed by atoms with E-state index in [0.717, 1.165) is 11.3 Å². The van der Waals surface area contributed by atoms with E-state index >= 15 is 0 Å². The highest BCUT2D eigenvalue weighted by molar-refractivity contribution is 7.99. The molecular weight excluding hydrogens is 408 g/mol. The third kappa shape index (κ3) is 5.21. The fourth-order valence-electron chi connectivity index (χ4n) is 3.15. The highest BCUT2D eigenvalue weighted by Gasteiger charge is 2.12. The van der Waals surface area contributed by atoms with Gasteiger partial charge in [0.2, 0.25) is 5.91 Å². The number of thioether (sulfide) groups is 1. The Labute approximate surface area is 185 Å². The van der Waals surface area contributed by atoms with E-state index < -0.39 is 0 Å². The Balaban J connectivity index is 1.37. The second-order valence-electron chi connectivity index (χ2n) is 7.43. The number of hydrogen-bond acceptors (Lipinski definition) is 5. The van der Waals surface area contributed by atoms with Gasteiger partial charge in [-0.05, 0) is 29.2 Å². The number of amides is 1. The molecule has 0 atom stereocenters. The van der Waals surface area contributed by atoms with Crippen molar-refractivity contribution in [1.82, 2.24) is 24.5 Å². The molecule has 0 radical (unpaired) electrons. The number of carbonyl (C=O) groups is 1. The molecule has 1 N–H and O–H groups in total. The van der Waals surface area contributed by atoms with Crippen molar-refractivity contribution in [3.63, 3.8) is 0 Å². The fraction of sp³-hybridized carbons (Fsp3) is 0.217. The van der Waals surface area contributed by atoms with Crippen molar-refractivity contribution < 1.29 is 4.79 Å². The molecule has 0 aliphatic carbocycles. The third-order valence-corrected chi connectivity index (χ3v) is 5.79. The molecule has 0 fully saturated rings. The zero-order valence-electron chi connectivity index (χ0n) is 17.5. The topological polar surface area (TPSA) is 77.6 Å². The number of benzene rings is 2. The van der Waals surface area contributed by atoms with Crippen LogP contribution in [-0.2, 0) is 11.3 Å². The van der Waals surface area contributed by atoms with Gasteiger partial charge in [-0.2, -0.15) is 5.10 Å². The summed E-state index contributed by atoms with van der Waals surface area (Å²) in [5, 5.41) is 16.1. The lowest BCUT2D eigenvalue weighted by Gasteiger charge is -2.10. The second kappa shape index (κ2) is 9.61. The van der Waals surface area contributed by atoms with Gasteiger partial charge in [0.05, 0.1) is 18.5 Å². The Bertz CT molecular complexity index is 1130. The van der Waals surface area contributed by atoms with E-state index in [2.05, 4.69) is 46.6 Å². The van der Waals surface area contributed by atoms with E-state index in [-0.39, 0.29) is 11.7 Å². The van der Waals surface area contributed by atoms with Crippen molar-refractivity contribution in [1.29, 1.82) is 0 Å². The monoisotopic (exact) mass is 432 g/mol. The van der Waals surface area contributed by atoms with Gasteiger partial charge >= 0.3 is 0 Å². The summed E-state index contributed by atoms with van der Waals surface area (Å²) in [6.45, 7) is 4.93. The summed E-state index contributed by atoms with van der Waals surface area (Å²) in [4.78, 5) is 12.5. The smallest absolute Gasteiger partial charge is 0.235 e. The molecule has 4 rings (SSSR count). The largest absolute Gasteiger partial charge is 0.310 e. The van der Waals surface area contributed by atoms with Crippen molar-refractivity contribution in [2.75, 3.05) is 11.1 Å². The average molecular weight is 433 g/mol. The molecule has 4 aromatic rings. The molecule has 2 aromatic heterocycles. The first kappa shape index (κ1) is 20.9. The molecule has 0 spiro atoms. The van der Waals surface area contributed by atoms with E-state index in [4.69, 9.17) is 0 Å². The molecule has 0 saturated heterocycles. The predicted octanol–water partition coefficient (Wildman–Crippen LogP) is 4.37. The number of nitrogens with one attached hydrogen (secondary N) is 1. The first-order chi connectivity index (χ1) is 15.1. The number of rotatable bonds is 8. The standard InChI is InChI=1S/C23H24N6OS/c1-17(2)19-8-10-20(11-9-19)28-16-24-27-23(28)31-15-22(30)26-21-12-13-25-29(21)14-18-6-4-3-5-7-18/h3-13,16-17H,14-15H2,1-2H3,(H,26,30).